The highest BCUT2D eigenvalue weighted by Crippen LogP contribution is 2.15. The highest BCUT2D eigenvalue weighted by molar-refractivity contribution is 14.1. The van der Waals surface area contributed by atoms with Crippen molar-refractivity contribution in [3.8, 4) is 0 Å². The zero-order chi connectivity index (χ0) is 13.8. The summed E-state index contributed by atoms with van der Waals surface area (Å²) in [7, 11) is 0. The van der Waals surface area contributed by atoms with E-state index in [9.17, 15) is 4.79 Å². The summed E-state index contributed by atoms with van der Waals surface area (Å²) >= 11 is 2.24. The second-order valence-corrected chi connectivity index (χ2v) is 6.47. The van der Waals surface area contributed by atoms with E-state index in [1.165, 1.54) is 0 Å². The Morgan fingerprint density at radius 2 is 2.30 bits per heavy atom. The van der Waals surface area contributed by atoms with Gasteiger partial charge in [-0.3, -0.25) is 9.69 Å². The van der Waals surface area contributed by atoms with Crippen molar-refractivity contribution in [2.45, 2.75) is 19.4 Å². The molecule has 6 heteroatoms. The molecule has 1 amide bonds. The summed E-state index contributed by atoms with van der Waals surface area (Å²) in [5.74, 6) is 0.504. The average molecular weight is 410 g/mol. The molecule has 1 aromatic rings. The van der Waals surface area contributed by atoms with Crippen molar-refractivity contribution in [1.29, 1.82) is 0 Å². The van der Waals surface area contributed by atoms with E-state index < -0.39 is 0 Å². The molecule has 112 valence electrons. The van der Waals surface area contributed by atoms with Gasteiger partial charge in [0.25, 0.3) is 0 Å². The normalized spacial score (nSPS) is 22.9. The Kier molecular flexibility index (Phi) is 7.22. The first-order valence-corrected chi connectivity index (χ1v) is 7.66. The Bertz CT molecular complexity index is 458. The maximum Gasteiger partial charge on any atom is 0.238 e. The lowest BCUT2D eigenvalue weighted by Crippen LogP contribution is -2.48. The van der Waals surface area contributed by atoms with Crippen LogP contribution >= 0.6 is 35.0 Å². The van der Waals surface area contributed by atoms with Gasteiger partial charge in [0.1, 0.15) is 0 Å². The van der Waals surface area contributed by atoms with E-state index in [-0.39, 0.29) is 24.4 Å². The van der Waals surface area contributed by atoms with Crippen molar-refractivity contribution in [3.63, 3.8) is 0 Å². The minimum atomic E-state index is 0. The molecule has 3 N–H and O–H groups in total. The van der Waals surface area contributed by atoms with Crippen LogP contribution in [0, 0.1) is 9.49 Å². The van der Waals surface area contributed by atoms with Gasteiger partial charge >= 0.3 is 0 Å². The van der Waals surface area contributed by atoms with E-state index >= 15 is 0 Å². The molecule has 0 aliphatic carbocycles. The lowest BCUT2D eigenvalue weighted by Gasteiger charge is -2.34. The fraction of sp³-hybridized carbons (Fsp3) is 0.500. The summed E-state index contributed by atoms with van der Waals surface area (Å²) in [6, 6.07) is 8.10. The van der Waals surface area contributed by atoms with Crippen molar-refractivity contribution in [1.82, 2.24) is 4.90 Å². The predicted molar refractivity (Wildman–Crippen MR) is 93.2 cm³/mol. The van der Waals surface area contributed by atoms with Gasteiger partial charge in [-0.2, -0.15) is 0 Å². The van der Waals surface area contributed by atoms with Gasteiger partial charge in [0, 0.05) is 28.4 Å². The van der Waals surface area contributed by atoms with E-state index in [2.05, 4.69) is 39.7 Å². The highest BCUT2D eigenvalue weighted by atomic mass is 127. The third-order valence-corrected chi connectivity index (χ3v) is 4.20. The Hall–Kier alpha value is -0.370. The van der Waals surface area contributed by atoms with Crippen LogP contribution in [0.3, 0.4) is 0 Å². The number of piperidine rings is 1. The minimum absolute atomic E-state index is 0. The fourth-order valence-electron chi connectivity index (χ4n) is 2.36. The monoisotopic (exact) mass is 409 g/mol. The molecule has 1 heterocycles. The standard InChI is InChI=1S/C14H20IN3O.ClH/c1-10-8-18(6-5-13(10)16)9-14(19)17-12-4-2-3-11(15)7-12;/h2-4,7,10,13H,5-6,8-9,16H2,1H3,(H,17,19);1H. The number of hydrogen-bond donors (Lipinski definition) is 2. The summed E-state index contributed by atoms with van der Waals surface area (Å²) in [4.78, 5) is 14.2. The van der Waals surface area contributed by atoms with E-state index in [0.717, 1.165) is 28.8 Å². The Morgan fingerprint density at radius 1 is 1.55 bits per heavy atom. The molecule has 0 spiro atoms. The number of nitrogens with zero attached hydrogens (tertiary/aromatic N) is 1. The van der Waals surface area contributed by atoms with E-state index in [0.29, 0.717) is 12.5 Å². The number of carbonyl (C=O) groups excluding carboxylic acids is 1. The zero-order valence-electron chi connectivity index (χ0n) is 11.5. The Labute approximate surface area is 140 Å². The molecule has 4 nitrogen and oxygen atoms in total. The zero-order valence-corrected chi connectivity index (χ0v) is 14.5. The van der Waals surface area contributed by atoms with Crippen molar-refractivity contribution < 1.29 is 4.79 Å². The smallest absolute Gasteiger partial charge is 0.238 e. The van der Waals surface area contributed by atoms with E-state index in [1.54, 1.807) is 0 Å². The molecule has 2 rings (SSSR count). The van der Waals surface area contributed by atoms with Gasteiger partial charge in [0.05, 0.1) is 6.54 Å². The van der Waals surface area contributed by atoms with Gasteiger partial charge in [-0.1, -0.05) is 13.0 Å². The lowest BCUT2D eigenvalue weighted by molar-refractivity contribution is -0.117. The number of likely N-dealkylation sites (tertiary alicyclic amines) is 1. The second-order valence-electron chi connectivity index (χ2n) is 5.22. The van der Waals surface area contributed by atoms with Crippen LogP contribution in [-0.2, 0) is 4.79 Å². The molecular formula is C14H21ClIN3O. The maximum atomic E-state index is 12.0. The van der Waals surface area contributed by atoms with Crippen molar-refractivity contribution >= 4 is 46.6 Å². The molecule has 1 aromatic carbocycles. The van der Waals surface area contributed by atoms with Gasteiger partial charge in [-0.15, -0.1) is 12.4 Å². The van der Waals surface area contributed by atoms with Crippen LogP contribution in [0.15, 0.2) is 24.3 Å². The largest absolute Gasteiger partial charge is 0.327 e. The molecule has 0 aromatic heterocycles. The number of anilines is 1. The SMILES string of the molecule is CC1CN(CC(=O)Nc2cccc(I)c2)CCC1N.Cl. The number of nitrogens with two attached hydrogens (primary N) is 1. The van der Waals surface area contributed by atoms with Crippen LogP contribution < -0.4 is 11.1 Å². The third kappa shape index (κ3) is 5.20. The number of rotatable bonds is 3. The van der Waals surface area contributed by atoms with Crippen molar-refractivity contribution in [2.75, 3.05) is 25.0 Å². The summed E-state index contributed by atoms with van der Waals surface area (Å²) in [5.41, 5.74) is 6.84. The molecule has 1 aliphatic heterocycles. The molecule has 0 radical (unpaired) electrons. The number of benzene rings is 1. The van der Waals surface area contributed by atoms with Gasteiger partial charge in [-0.05, 0) is 53.1 Å². The Balaban J connectivity index is 0.00000200. The first-order chi connectivity index (χ1) is 9.04. The third-order valence-electron chi connectivity index (χ3n) is 3.53. The van der Waals surface area contributed by atoms with Crippen LogP contribution in [0.4, 0.5) is 5.69 Å². The summed E-state index contributed by atoms with van der Waals surface area (Å²) in [6.45, 7) is 4.41. The molecule has 0 bridgehead atoms. The first-order valence-electron chi connectivity index (χ1n) is 6.58. The lowest BCUT2D eigenvalue weighted by atomic mass is 9.95. The molecule has 1 aliphatic rings. The highest BCUT2D eigenvalue weighted by Gasteiger charge is 2.24. The Morgan fingerprint density at radius 3 is 2.95 bits per heavy atom. The quantitative estimate of drug-likeness (QED) is 0.753. The van der Waals surface area contributed by atoms with Crippen molar-refractivity contribution in [3.05, 3.63) is 27.8 Å². The summed E-state index contributed by atoms with van der Waals surface area (Å²) in [5, 5.41) is 2.94. The number of hydrogen-bond acceptors (Lipinski definition) is 3. The first kappa shape index (κ1) is 17.7. The molecular weight excluding hydrogens is 389 g/mol. The molecule has 1 saturated heterocycles. The minimum Gasteiger partial charge on any atom is -0.327 e. The predicted octanol–water partition coefficient (Wildman–Crippen LogP) is 2.32. The number of amides is 1. The molecule has 0 saturated carbocycles. The second kappa shape index (κ2) is 8.17. The van der Waals surface area contributed by atoms with E-state index in [1.807, 2.05) is 24.3 Å². The molecule has 1 fully saturated rings. The fourth-order valence-corrected chi connectivity index (χ4v) is 2.91. The van der Waals surface area contributed by atoms with Gasteiger partial charge in [0.15, 0.2) is 0 Å². The molecule has 2 unspecified atom stereocenters. The van der Waals surface area contributed by atoms with Gasteiger partial charge in [-0.25, -0.2) is 0 Å². The van der Waals surface area contributed by atoms with Crippen molar-refractivity contribution in [2.24, 2.45) is 11.7 Å². The van der Waals surface area contributed by atoms with Crippen LogP contribution in [0.5, 0.6) is 0 Å². The topological polar surface area (TPSA) is 58.4 Å². The average Bonchev–Trinajstić information content (AvgIpc) is 2.34. The molecule has 20 heavy (non-hydrogen) atoms. The summed E-state index contributed by atoms with van der Waals surface area (Å²) in [6.07, 6.45) is 0.970. The van der Waals surface area contributed by atoms with Crippen LogP contribution in [-0.4, -0.2) is 36.5 Å². The van der Waals surface area contributed by atoms with Gasteiger partial charge < -0.3 is 11.1 Å². The van der Waals surface area contributed by atoms with Crippen LogP contribution in [0.2, 0.25) is 0 Å². The van der Waals surface area contributed by atoms with Crippen LogP contribution in [0.1, 0.15) is 13.3 Å². The van der Waals surface area contributed by atoms with Gasteiger partial charge in [0.2, 0.25) is 5.91 Å². The summed E-state index contributed by atoms with van der Waals surface area (Å²) < 4.78 is 1.12. The maximum absolute atomic E-state index is 12.0. The number of halogens is 2. The number of nitrogens with one attached hydrogen (secondary N) is 1. The van der Waals surface area contributed by atoms with Crippen LogP contribution in [0.25, 0.3) is 0 Å². The number of carbonyl (C=O) groups is 1. The van der Waals surface area contributed by atoms with E-state index in [4.69, 9.17) is 5.73 Å². The molecule has 2 atom stereocenters.